The normalized spacial score (nSPS) is 14.6. The Morgan fingerprint density at radius 3 is 2.30 bits per heavy atom. The lowest BCUT2D eigenvalue weighted by Gasteiger charge is -2.36. The lowest BCUT2D eigenvalue weighted by molar-refractivity contribution is -0.384. The highest BCUT2D eigenvalue weighted by Gasteiger charge is 2.24. The number of nitrogens with zero attached hydrogens (tertiary/aromatic N) is 5. The predicted molar refractivity (Wildman–Crippen MR) is 117 cm³/mol. The zero-order chi connectivity index (χ0) is 21.8. The van der Waals surface area contributed by atoms with Crippen molar-refractivity contribution in [2.45, 2.75) is 33.6 Å². The topological polar surface area (TPSA) is 92.5 Å². The molecule has 1 amide bonds. The average molecular weight is 409 g/mol. The molecule has 0 saturated carbocycles. The number of piperazine rings is 1. The molecule has 0 N–H and O–H groups in total. The fourth-order valence-corrected chi connectivity index (χ4v) is 3.74. The summed E-state index contributed by atoms with van der Waals surface area (Å²) < 4.78 is 0. The molecule has 8 heteroatoms. The monoisotopic (exact) mass is 409 g/mol. The molecule has 2 aromatic rings. The summed E-state index contributed by atoms with van der Waals surface area (Å²) in [4.78, 5) is 36.1. The van der Waals surface area contributed by atoms with Crippen molar-refractivity contribution in [1.82, 2.24) is 14.9 Å². The Morgan fingerprint density at radius 2 is 1.73 bits per heavy atom. The molecular formula is C22H27N5O3. The fraction of sp³-hybridized carbons (Fsp3) is 0.409. The largest absolute Gasteiger partial charge is 0.353 e. The molecule has 8 nitrogen and oxygen atoms in total. The van der Waals surface area contributed by atoms with Gasteiger partial charge >= 0.3 is 0 Å². The van der Waals surface area contributed by atoms with Crippen LogP contribution < -0.4 is 4.90 Å². The summed E-state index contributed by atoms with van der Waals surface area (Å²) in [6.07, 6.45) is 3.21. The Labute approximate surface area is 176 Å². The van der Waals surface area contributed by atoms with E-state index in [2.05, 4.69) is 23.7 Å². The van der Waals surface area contributed by atoms with E-state index in [1.807, 2.05) is 18.7 Å². The van der Waals surface area contributed by atoms with E-state index in [1.165, 1.54) is 23.8 Å². The molecule has 0 aliphatic carbocycles. The summed E-state index contributed by atoms with van der Waals surface area (Å²) in [6, 6.07) is 6.13. The van der Waals surface area contributed by atoms with E-state index >= 15 is 0 Å². The molecule has 0 unspecified atom stereocenters. The van der Waals surface area contributed by atoms with E-state index in [4.69, 9.17) is 4.98 Å². The molecule has 1 saturated heterocycles. The van der Waals surface area contributed by atoms with Crippen LogP contribution in [0.3, 0.4) is 0 Å². The number of rotatable bonds is 5. The van der Waals surface area contributed by atoms with Gasteiger partial charge in [0.15, 0.2) is 0 Å². The van der Waals surface area contributed by atoms with Crippen molar-refractivity contribution in [3.05, 3.63) is 63.1 Å². The third-order valence-electron chi connectivity index (χ3n) is 5.22. The van der Waals surface area contributed by atoms with Crippen molar-refractivity contribution in [2.75, 3.05) is 31.1 Å². The Bertz CT molecular complexity index is 961. The van der Waals surface area contributed by atoms with E-state index in [0.29, 0.717) is 32.1 Å². The Kier molecular flexibility index (Phi) is 6.44. The molecule has 0 spiro atoms. The summed E-state index contributed by atoms with van der Waals surface area (Å²) in [5.41, 5.74) is 2.96. The summed E-state index contributed by atoms with van der Waals surface area (Å²) in [6.45, 7) is 10.9. The minimum atomic E-state index is -0.441. The molecule has 2 heterocycles. The Balaban J connectivity index is 1.64. The van der Waals surface area contributed by atoms with Crippen molar-refractivity contribution < 1.29 is 9.72 Å². The van der Waals surface area contributed by atoms with Gasteiger partial charge in [0.1, 0.15) is 11.6 Å². The summed E-state index contributed by atoms with van der Waals surface area (Å²) in [5.74, 6) is 2.00. The molecule has 158 valence electrons. The first-order valence-electron chi connectivity index (χ1n) is 10.1. The quantitative estimate of drug-likeness (QED) is 0.426. The van der Waals surface area contributed by atoms with Crippen LogP contribution in [0.25, 0.3) is 6.08 Å². The zero-order valence-electron chi connectivity index (χ0n) is 17.8. The van der Waals surface area contributed by atoms with Gasteiger partial charge in [-0.25, -0.2) is 9.97 Å². The van der Waals surface area contributed by atoms with Crippen LogP contribution in [0.4, 0.5) is 11.5 Å². The van der Waals surface area contributed by atoms with E-state index in [0.717, 1.165) is 22.9 Å². The van der Waals surface area contributed by atoms with Crippen LogP contribution in [0.15, 0.2) is 30.3 Å². The summed E-state index contributed by atoms with van der Waals surface area (Å²) in [5, 5.41) is 10.7. The van der Waals surface area contributed by atoms with Crippen molar-refractivity contribution in [3.63, 3.8) is 0 Å². The van der Waals surface area contributed by atoms with Gasteiger partial charge < -0.3 is 9.80 Å². The van der Waals surface area contributed by atoms with Gasteiger partial charge in [0.25, 0.3) is 5.69 Å². The van der Waals surface area contributed by atoms with E-state index in [9.17, 15) is 14.9 Å². The predicted octanol–water partition coefficient (Wildman–Crippen LogP) is 3.49. The van der Waals surface area contributed by atoms with Gasteiger partial charge in [-0.1, -0.05) is 13.8 Å². The molecule has 0 atom stereocenters. The highest BCUT2D eigenvalue weighted by molar-refractivity contribution is 5.92. The van der Waals surface area contributed by atoms with Gasteiger partial charge in [-0.2, -0.15) is 0 Å². The SMILES string of the molecule is Cc1nc(C)c(C(C)C)c(N2CCN(C(=O)C=Cc3ccc([N+](=O)[O-])cc3)CC2)n1. The first kappa shape index (κ1) is 21.4. The highest BCUT2D eigenvalue weighted by atomic mass is 16.6. The fourth-order valence-electron chi connectivity index (χ4n) is 3.74. The van der Waals surface area contributed by atoms with Gasteiger partial charge in [0.05, 0.1) is 4.92 Å². The number of nitro benzene ring substituents is 1. The second-order valence-electron chi connectivity index (χ2n) is 7.74. The van der Waals surface area contributed by atoms with Crippen LogP contribution in [0.5, 0.6) is 0 Å². The Morgan fingerprint density at radius 1 is 1.10 bits per heavy atom. The van der Waals surface area contributed by atoms with Crippen LogP contribution in [0.2, 0.25) is 0 Å². The number of hydrogen-bond acceptors (Lipinski definition) is 6. The minimum Gasteiger partial charge on any atom is -0.353 e. The first-order valence-corrected chi connectivity index (χ1v) is 10.1. The Hall–Kier alpha value is -3.29. The second kappa shape index (κ2) is 9.02. The molecule has 1 aromatic heterocycles. The number of aromatic nitrogens is 2. The van der Waals surface area contributed by atoms with Gasteiger partial charge in [-0.05, 0) is 43.5 Å². The maximum absolute atomic E-state index is 12.6. The second-order valence-corrected chi connectivity index (χ2v) is 7.74. The van der Waals surface area contributed by atoms with Crippen molar-refractivity contribution in [3.8, 4) is 0 Å². The number of carbonyl (C=O) groups is 1. The van der Waals surface area contributed by atoms with Crippen molar-refractivity contribution >= 4 is 23.5 Å². The number of nitro groups is 1. The number of non-ortho nitro benzene ring substituents is 1. The lowest BCUT2D eigenvalue weighted by atomic mass is 10.0. The minimum absolute atomic E-state index is 0.0329. The van der Waals surface area contributed by atoms with Crippen LogP contribution in [-0.2, 0) is 4.79 Å². The van der Waals surface area contributed by atoms with E-state index in [-0.39, 0.29) is 11.6 Å². The zero-order valence-corrected chi connectivity index (χ0v) is 17.8. The average Bonchev–Trinajstić information content (AvgIpc) is 2.71. The van der Waals surface area contributed by atoms with E-state index < -0.39 is 4.92 Å². The van der Waals surface area contributed by atoms with Crippen LogP contribution in [-0.4, -0.2) is 51.9 Å². The molecule has 1 aliphatic heterocycles. The number of hydrogen-bond donors (Lipinski definition) is 0. The van der Waals surface area contributed by atoms with Crippen LogP contribution in [0.1, 0.15) is 42.4 Å². The third-order valence-corrected chi connectivity index (χ3v) is 5.22. The number of benzene rings is 1. The molecule has 1 aliphatic rings. The van der Waals surface area contributed by atoms with Gasteiger partial charge in [0.2, 0.25) is 5.91 Å². The van der Waals surface area contributed by atoms with Crippen LogP contribution in [0, 0.1) is 24.0 Å². The number of aryl methyl sites for hydroxylation is 2. The van der Waals surface area contributed by atoms with Gasteiger partial charge in [-0.3, -0.25) is 14.9 Å². The molecule has 30 heavy (non-hydrogen) atoms. The molecule has 3 rings (SSSR count). The van der Waals surface area contributed by atoms with Crippen molar-refractivity contribution in [1.29, 1.82) is 0 Å². The maximum Gasteiger partial charge on any atom is 0.269 e. The number of amides is 1. The third kappa shape index (κ3) is 4.82. The highest BCUT2D eigenvalue weighted by Crippen LogP contribution is 2.29. The summed E-state index contributed by atoms with van der Waals surface area (Å²) in [7, 11) is 0. The number of anilines is 1. The first-order chi connectivity index (χ1) is 14.3. The lowest BCUT2D eigenvalue weighted by Crippen LogP contribution is -2.49. The molecule has 0 bridgehead atoms. The van der Waals surface area contributed by atoms with Crippen molar-refractivity contribution in [2.24, 2.45) is 0 Å². The van der Waals surface area contributed by atoms with Crippen LogP contribution >= 0.6 is 0 Å². The molecule has 0 radical (unpaired) electrons. The van der Waals surface area contributed by atoms with Gasteiger partial charge in [-0.15, -0.1) is 0 Å². The summed E-state index contributed by atoms with van der Waals surface area (Å²) >= 11 is 0. The molecule has 1 aromatic carbocycles. The molecule has 1 fully saturated rings. The van der Waals surface area contributed by atoms with Gasteiger partial charge in [0, 0.05) is 55.6 Å². The number of carbonyl (C=O) groups excluding carboxylic acids is 1. The maximum atomic E-state index is 12.6. The molecular weight excluding hydrogens is 382 g/mol. The smallest absolute Gasteiger partial charge is 0.269 e. The standard InChI is InChI=1S/C22H27N5O3/c1-15(2)21-16(3)23-17(4)24-22(21)26-13-11-25(12-14-26)20(28)10-7-18-5-8-19(9-6-18)27(29)30/h5-10,15H,11-14H2,1-4H3. The van der Waals surface area contributed by atoms with E-state index in [1.54, 1.807) is 18.2 Å².